The van der Waals surface area contributed by atoms with Gasteiger partial charge in [-0.3, -0.25) is 9.48 Å². The normalized spacial score (nSPS) is 12.4. The van der Waals surface area contributed by atoms with Crippen molar-refractivity contribution in [3.05, 3.63) is 33.8 Å². The second-order valence-corrected chi connectivity index (χ2v) is 5.48. The molecular weight excluding hydrogens is 264 g/mol. The van der Waals surface area contributed by atoms with Gasteiger partial charge >= 0.3 is 0 Å². The Labute approximate surface area is 115 Å². The molecule has 0 unspecified atom stereocenters. The molecule has 6 nitrogen and oxygen atoms in total. The highest BCUT2D eigenvalue weighted by Crippen LogP contribution is 2.24. The number of aromatic nitrogens is 3. The first-order valence-electron chi connectivity index (χ1n) is 5.84. The number of nitrogens with zero attached hydrogens (tertiary/aromatic N) is 3. The number of amides is 1. The molecule has 2 aromatic heterocycles. The lowest BCUT2D eigenvalue weighted by molar-refractivity contribution is 0.0833. The van der Waals surface area contributed by atoms with Crippen molar-refractivity contribution < 1.29 is 9.53 Å². The molecule has 0 aliphatic rings. The maximum Gasteiger partial charge on any atom is 0.273 e. The van der Waals surface area contributed by atoms with E-state index in [1.165, 1.54) is 9.56 Å². The van der Waals surface area contributed by atoms with Crippen LogP contribution in [0.1, 0.15) is 26.3 Å². The number of carbonyl (C=O) groups is 1. The van der Waals surface area contributed by atoms with Crippen LogP contribution in [0.15, 0.2) is 18.3 Å². The number of aryl methyl sites for hydroxylation is 2. The Morgan fingerprint density at radius 1 is 1.58 bits per heavy atom. The molecule has 1 amide bonds. The van der Waals surface area contributed by atoms with E-state index in [4.69, 9.17) is 4.74 Å². The van der Waals surface area contributed by atoms with Gasteiger partial charge < -0.3 is 10.1 Å². The quantitative estimate of drug-likeness (QED) is 0.896. The van der Waals surface area contributed by atoms with Crippen molar-refractivity contribution >= 4 is 17.2 Å². The molecule has 0 aromatic carbocycles. The molecule has 0 saturated heterocycles. The Hall–Kier alpha value is -1.73. The fourth-order valence-electron chi connectivity index (χ4n) is 1.65. The molecule has 0 radical (unpaired) electrons. The summed E-state index contributed by atoms with van der Waals surface area (Å²) in [6.07, 6.45) is 1.44. The average Bonchev–Trinajstić information content (AvgIpc) is 2.99. The second-order valence-electron chi connectivity index (χ2n) is 4.16. The van der Waals surface area contributed by atoms with E-state index in [2.05, 4.69) is 15.6 Å². The van der Waals surface area contributed by atoms with Crippen molar-refractivity contribution in [1.29, 1.82) is 0 Å². The van der Waals surface area contributed by atoms with E-state index >= 15 is 0 Å². The molecule has 0 fully saturated rings. The van der Waals surface area contributed by atoms with E-state index in [0.717, 1.165) is 4.88 Å². The molecule has 2 rings (SSSR count). The molecule has 102 valence electrons. The lowest BCUT2D eigenvalue weighted by atomic mass is 10.2. The summed E-state index contributed by atoms with van der Waals surface area (Å²) in [6.45, 7) is 2.45. The molecular formula is C12H16N4O2S. The fraction of sp³-hybridized carbons (Fsp3) is 0.417. The van der Waals surface area contributed by atoms with Crippen molar-refractivity contribution in [3.63, 3.8) is 0 Å². The molecule has 2 aromatic rings. The number of rotatable bonds is 5. The topological polar surface area (TPSA) is 69.0 Å². The summed E-state index contributed by atoms with van der Waals surface area (Å²) < 4.78 is 6.89. The maximum atomic E-state index is 11.8. The minimum absolute atomic E-state index is 0.140. The van der Waals surface area contributed by atoms with Gasteiger partial charge in [-0.25, -0.2) is 0 Å². The van der Waals surface area contributed by atoms with Crippen molar-refractivity contribution in [2.24, 2.45) is 7.05 Å². The average molecular weight is 280 g/mol. The van der Waals surface area contributed by atoms with Crippen LogP contribution in [0.4, 0.5) is 0 Å². The molecule has 0 bridgehead atoms. The summed E-state index contributed by atoms with van der Waals surface area (Å²) >= 11 is 1.66. The highest BCUT2D eigenvalue weighted by atomic mass is 32.1. The number of methoxy groups -OCH3 is 1. The zero-order chi connectivity index (χ0) is 13.8. The van der Waals surface area contributed by atoms with Crippen LogP contribution < -0.4 is 5.32 Å². The van der Waals surface area contributed by atoms with Gasteiger partial charge in [0.05, 0.1) is 6.20 Å². The first-order valence-corrected chi connectivity index (χ1v) is 6.65. The van der Waals surface area contributed by atoms with Crippen LogP contribution >= 0.6 is 11.3 Å². The Morgan fingerprint density at radius 2 is 2.37 bits per heavy atom. The maximum absolute atomic E-state index is 11.8. The summed E-state index contributed by atoms with van der Waals surface area (Å²) in [5.41, 5.74) is 0.305. The van der Waals surface area contributed by atoms with E-state index < -0.39 is 0 Å². The second kappa shape index (κ2) is 5.94. The van der Waals surface area contributed by atoms with Crippen LogP contribution in [0.2, 0.25) is 0 Å². The van der Waals surface area contributed by atoms with Gasteiger partial charge in [0.25, 0.3) is 5.91 Å². The number of hydrogen-bond donors (Lipinski definition) is 1. The third-order valence-corrected chi connectivity index (χ3v) is 3.74. The van der Waals surface area contributed by atoms with Crippen LogP contribution in [-0.2, 0) is 11.8 Å². The molecule has 0 aliphatic heterocycles. The van der Waals surface area contributed by atoms with Gasteiger partial charge in [0.1, 0.15) is 6.10 Å². The molecule has 1 N–H and O–H groups in total. The predicted octanol–water partition coefficient (Wildman–Crippen LogP) is 1.30. The van der Waals surface area contributed by atoms with E-state index in [1.807, 2.05) is 19.1 Å². The Kier molecular flexibility index (Phi) is 4.28. The van der Waals surface area contributed by atoms with Gasteiger partial charge in [0.2, 0.25) is 0 Å². The van der Waals surface area contributed by atoms with E-state index in [1.54, 1.807) is 31.7 Å². The predicted molar refractivity (Wildman–Crippen MR) is 72.1 cm³/mol. The Bertz CT molecular complexity index is 564. The van der Waals surface area contributed by atoms with Crippen LogP contribution in [0, 0.1) is 6.92 Å². The lowest BCUT2D eigenvalue weighted by Gasteiger charge is -2.13. The van der Waals surface area contributed by atoms with Gasteiger partial charge in [-0.1, -0.05) is 5.21 Å². The summed E-state index contributed by atoms with van der Waals surface area (Å²) in [4.78, 5) is 14.2. The molecule has 0 spiro atoms. The third-order valence-electron chi connectivity index (χ3n) is 2.65. The zero-order valence-electron chi connectivity index (χ0n) is 11.1. The fourth-order valence-corrected chi connectivity index (χ4v) is 2.61. The molecule has 1 atom stereocenters. The monoisotopic (exact) mass is 280 g/mol. The Morgan fingerprint density at radius 3 is 2.89 bits per heavy atom. The molecule has 2 heterocycles. The molecule has 7 heteroatoms. The van der Waals surface area contributed by atoms with Gasteiger partial charge in [0.15, 0.2) is 5.69 Å². The van der Waals surface area contributed by atoms with E-state index in [-0.39, 0.29) is 12.0 Å². The lowest BCUT2D eigenvalue weighted by Crippen LogP contribution is -2.29. The Balaban J connectivity index is 1.95. The van der Waals surface area contributed by atoms with Gasteiger partial charge in [0, 0.05) is 30.5 Å². The van der Waals surface area contributed by atoms with E-state index in [9.17, 15) is 4.79 Å². The zero-order valence-corrected chi connectivity index (χ0v) is 11.9. The number of ether oxygens (including phenoxy) is 1. The SMILES string of the molecule is CO[C@@H](CNC(=O)c1cn(C)nn1)c1ccc(C)s1. The van der Waals surface area contributed by atoms with Gasteiger partial charge in [-0.2, -0.15) is 0 Å². The number of carbonyl (C=O) groups excluding carboxylic acids is 1. The summed E-state index contributed by atoms with van der Waals surface area (Å²) in [6, 6.07) is 4.05. The van der Waals surface area contributed by atoms with Crippen LogP contribution in [0.5, 0.6) is 0 Å². The van der Waals surface area contributed by atoms with Crippen LogP contribution in [0.3, 0.4) is 0 Å². The first kappa shape index (κ1) is 13.7. The minimum atomic E-state index is -0.247. The summed E-state index contributed by atoms with van der Waals surface area (Å²) in [7, 11) is 3.35. The highest BCUT2D eigenvalue weighted by molar-refractivity contribution is 7.12. The summed E-state index contributed by atoms with van der Waals surface area (Å²) in [5, 5.41) is 10.3. The smallest absolute Gasteiger partial charge is 0.273 e. The van der Waals surface area contributed by atoms with Crippen molar-refractivity contribution in [1.82, 2.24) is 20.3 Å². The number of hydrogen-bond acceptors (Lipinski definition) is 5. The third kappa shape index (κ3) is 3.39. The molecule has 0 aliphatic carbocycles. The molecule has 19 heavy (non-hydrogen) atoms. The summed E-state index contributed by atoms with van der Waals surface area (Å²) in [5.74, 6) is -0.247. The van der Waals surface area contributed by atoms with Gasteiger partial charge in [-0.05, 0) is 19.1 Å². The largest absolute Gasteiger partial charge is 0.374 e. The minimum Gasteiger partial charge on any atom is -0.374 e. The van der Waals surface area contributed by atoms with Crippen LogP contribution in [0.25, 0.3) is 0 Å². The van der Waals surface area contributed by atoms with Crippen molar-refractivity contribution in [2.45, 2.75) is 13.0 Å². The van der Waals surface area contributed by atoms with Crippen LogP contribution in [-0.4, -0.2) is 34.6 Å². The van der Waals surface area contributed by atoms with E-state index in [0.29, 0.717) is 12.2 Å². The van der Waals surface area contributed by atoms with Crippen molar-refractivity contribution in [2.75, 3.05) is 13.7 Å². The first-order chi connectivity index (χ1) is 9.10. The van der Waals surface area contributed by atoms with Gasteiger partial charge in [-0.15, -0.1) is 16.4 Å². The number of nitrogens with one attached hydrogen (secondary N) is 1. The standard InChI is InChI=1S/C12H16N4O2S/c1-8-4-5-11(19-8)10(18-3)6-13-12(17)9-7-16(2)15-14-9/h4-5,7,10H,6H2,1-3H3,(H,13,17)/t10-/m0/s1. The molecule has 0 saturated carbocycles. The van der Waals surface area contributed by atoms with Crippen molar-refractivity contribution in [3.8, 4) is 0 Å². The highest BCUT2D eigenvalue weighted by Gasteiger charge is 2.16. The number of thiophene rings is 1.